The van der Waals surface area contributed by atoms with E-state index in [1.807, 2.05) is 31.7 Å². The number of nitrogens with zero attached hydrogens (tertiary/aromatic N) is 3. The third-order valence-corrected chi connectivity index (χ3v) is 4.63. The molecule has 6 heteroatoms. The number of rotatable bonds is 3. The molecule has 6 nitrogen and oxygen atoms in total. The fraction of sp³-hybridized carbons (Fsp3) is 0.471. The van der Waals surface area contributed by atoms with Crippen molar-refractivity contribution in [2.75, 3.05) is 13.1 Å². The number of aryl methyl sites for hydroxylation is 3. The van der Waals surface area contributed by atoms with Gasteiger partial charge in [-0.1, -0.05) is 6.92 Å². The molecule has 3 heterocycles. The van der Waals surface area contributed by atoms with Crippen LogP contribution in [0.3, 0.4) is 0 Å². The predicted molar refractivity (Wildman–Crippen MR) is 87.6 cm³/mol. The van der Waals surface area contributed by atoms with E-state index in [2.05, 4.69) is 9.97 Å². The van der Waals surface area contributed by atoms with Crippen LogP contribution in [0.2, 0.25) is 0 Å². The van der Waals surface area contributed by atoms with E-state index in [0.29, 0.717) is 13.1 Å². The Hall–Kier alpha value is -2.37. The highest BCUT2D eigenvalue weighted by Crippen LogP contribution is 2.26. The molecule has 0 spiro atoms. The van der Waals surface area contributed by atoms with Gasteiger partial charge >= 0.3 is 0 Å². The first-order chi connectivity index (χ1) is 11.0. The van der Waals surface area contributed by atoms with Crippen LogP contribution < -0.4 is 5.56 Å². The lowest BCUT2D eigenvalue weighted by atomic mass is 10.1. The van der Waals surface area contributed by atoms with Crippen LogP contribution in [-0.4, -0.2) is 38.4 Å². The second-order valence-corrected chi connectivity index (χ2v) is 6.16. The number of H-pyrrole nitrogens is 1. The molecule has 1 saturated heterocycles. The van der Waals surface area contributed by atoms with Crippen molar-refractivity contribution >= 4 is 5.91 Å². The van der Waals surface area contributed by atoms with E-state index in [4.69, 9.17) is 0 Å². The molecule has 0 saturated carbocycles. The van der Waals surface area contributed by atoms with Crippen LogP contribution in [0, 0.1) is 6.92 Å². The number of nitrogens with one attached hydrogen (secondary N) is 1. The number of aromatic amines is 1. The Kier molecular flexibility index (Phi) is 4.07. The fourth-order valence-electron chi connectivity index (χ4n) is 3.29. The van der Waals surface area contributed by atoms with Gasteiger partial charge < -0.3 is 14.5 Å². The summed E-state index contributed by atoms with van der Waals surface area (Å²) in [5, 5.41) is 0. The Balaban J connectivity index is 1.81. The number of hydrogen-bond acceptors (Lipinski definition) is 3. The minimum absolute atomic E-state index is 0.186. The van der Waals surface area contributed by atoms with Crippen molar-refractivity contribution in [2.24, 2.45) is 7.05 Å². The topological polar surface area (TPSA) is 71.0 Å². The van der Waals surface area contributed by atoms with E-state index >= 15 is 0 Å². The summed E-state index contributed by atoms with van der Waals surface area (Å²) in [6.45, 7) is 5.17. The van der Waals surface area contributed by atoms with Gasteiger partial charge in [-0.25, -0.2) is 4.98 Å². The summed E-state index contributed by atoms with van der Waals surface area (Å²) >= 11 is 0. The summed E-state index contributed by atoms with van der Waals surface area (Å²) in [5.41, 5.74) is 1.78. The Morgan fingerprint density at radius 2 is 2.26 bits per heavy atom. The zero-order chi connectivity index (χ0) is 16.6. The smallest absolute Gasteiger partial charge is 0.261 e. The summed E-state index contributed by atoms with van der Waals surface area (Å²) in [4.78, 5) is 33.9. The Labute approximate surface area is 135 Å². The van der Waals surface area contributed by atoms with Gasteiger partial charge in [0.15, 0.2) is 0 Å². The minimum atomic E-state index is -0.294. The number of likely N-dealkylation sites (tertiary alicyclic amines) is 1. The van der Waals surface area contributed by atoms with Gasteiger partial charge in [-0.05, 0) is 31.4 Å². The van der Waals surface area contributed by atoms with Crippen molar-refractivity contribution in [3.63, 3.8) is 0 Å². The summed E-state index contributed by atoms with van der Waals surface area (Å²) in [5.74, 6) is 1.04. The molecular formula is C17H22N4O2. The van der Waals surface area contributed by atoms with Gasteiger partial charge in [-0.3, -0.25) is 9.59 Å². The van der Waals surface area contributed by atoms with Gasteiger partial charge in [0.05, 0.1) is 0 Å². The number of amides is 1. The molecule has 0 aliphatic carbocycles. The monoisotopic (exact) mass is 314 g/mol. The first kappa shape index (κ1) is 15.5. The molecule has 0 aromatic carbocycles. The van der Waals surface area contributed by atoms with Crippen molar-refractivity contribution in [2.45, 2.75) is 32.6 Å². The largest absolute Gasteiger partial charge is 0.338 e. The molecule has 1 fully saturated rings. The molecular weight excluding hydrogens is 292 g/mol. The second kappa shape index (κ2) is 6.02. The second-order valence-electron chi connectivity index (χ2n) is 6.16. The molecule has 2 aromatic rings. The standard InChI is InChI=1S/C17H22N4O2/c1-4-14-11(2)9-13(16(22)19-14)17(23)21-7-5-12(10-21)15-18-6-8-20(15)3/h6,8-9,12H,4-5,7,10H2,1-3H3,(H,19,22). The van der Waals surface area contributed by atoms with Gasteiger partial charge in [0.1, 0.15) is 11.4 Å². The van der Waals surface area contributed by atoms with Crippen LogP contribution in [-0.2, 0) is 13.5 Å². The highest BCUT2D eigenvalue weighted by atomic mass is 16.2. The van der Waals surface area contributed by atoms with Crippen LogP contribution in [0.5, 0.6) is 0 Å². The molecule has 1 N–H and O–H groups in total. The SMILES string of the molecule is CCc1[nH]c(=O)c(C(=O)N2CCC(c3nccn3C)C2)cc1C. The molecule has 23 heavy (non-hydrogen) atoms. The lowest BCUT2D eigenvalue weighted by Gasteiger charge is -2.17. The highest BCUT2D eigenvalue weighted by molar-refractivity contribution is 5.94. The molecule has 0 radical (unpaired) electrons. The van der Waals surface area contributed by atoms with Gasteiger partial charge in [0.2, 0.25) is 0 Å². The van der Waals surface area contributed by atoms with Crippen molar-refractivity contribution in [3.05, 3.63) is 51.5 Å². The van der Waals surface area contributed by atoms with Crippen LogP contribution in [0.4, 0.5) is 0 Å². The number of aromatic nitrogens is 3. The van der Waals surface area contributed by atoms with E-state index in [0.717, 1.165) is 29.9 Å². The lowest BCUT2D eigenvalue weighted by Crippen LogP contribution is -2.33. The number of carbonyl (C=O) groups is 1. The average molecular weight is 314 g/mol. The molecule has 2 aromatic heterocycles. The number of pyridine rings is 1. The zero-order valence-electron chi connectivity index (χ0n) is 13.8. The Bertz CT molecular complexity index is 790. The van der Waals surface area contributed by atoms with Gasteiger partial charge in [0.25, 0.3) is 11.5 Å². The Morgan fingerprint density at radius 1 is 1.48 bits per heavy atom. The van der Waals surface area contributed by atoms with Gasteiger partial charge in [-0.15, -0.1) is 0 Å². The van der Waals surface area contributed by atoms with E-state index in [9.17, 15) is 9.59 Å². The average Bonchev–Trinajstić information content (AvgIpc) is 3.17. The van der Waals surface area contributed by atoms with Crippen molar-refractivity contribution in [1.29, 1.82) is 0 Å². The maximum Gasteiger partial charge on any atom is 0.261 e. The molecule has 1 amide bonds. The number of carbonyl (C=O) groups excluding carboxylic acids is 1. The van der Waals surface area contributed by atoms with E-state index in [1.165, 1.54) is 0 Å². The maximum absolute atomic E-state index is 12.7. The molecule has 1 unspecified atom stereocenters. The first-order valence-electron chi connectivity index (χ1n) is 8.00. The molecule has 122 valence electrons. The van der Waals surface area contributed by atoms with Crippen LogP contribution >= 0.6 is 0 Å². The fourth-order valence-corrected chi connectivity index (χ4v) is 3.29. The first-order valence-corrected chi connectivity index (χ1v) is 8.00. The quantitative estimate of drug-likeness (QED) is 0.935. The molecule has 1 aliphatic heterocycles. The van der Waals surface area contributed by atoms with Crippen LogP contribution in [0.1, 0.15) is 46.7 Å². The van der Waals surface area contributed by atoms with Crippen LogP contribution in [0.25, 0.3) is 0 Å². The van der Waals surface area contributed by atoms with E-state index < -0.39 is 0 Å². The summed E-state index contributed by atoms with van der Waals surface area (Å²) < 4.78 is 1.99. The molecule has 3 rings (SSSR count). The molecule has 0 bridgehead atoms. The zero-order valence-corrected chi connectivity index (χ0v) is 13.8. The third-order valence-electron chi connectivity index (χ3n) is 4.63. The highest BCUT2D eigenvalue weighted by Gasteiger charge is 2.31. The van der Waals surface area contributed by atoms with E-state index in [1.54, 1.807) is 17.2 Å². The third kappa shape index (κ3) is 2.81. The normalized spacial score (nSPS) is 17.7. The number of hydrogen-bond donors (Lipinski definition) is 1. The maximum atomic E-state index is 12.7. The summed E-state index contributed by atoms with van der Waals surface area (Å²) in [7, 11) is 1.96. The van der Waals surface area contributed by atoms with Crippen molar-refractivity contribution in [3.8, 4) is 0 Å². The van der Waals surface area contributed by atoms with Crippen molar-refractivity contribution < 1.29 is 4.79 Å². The van der Waals surface area contributed by atoms with E-state index in [-0.39, 0.29) is 22.9 Å². The molecule has 1 atom stereocenters. The lowest BCUT2D eigenvalue weighted by molar-refractivity contribution is 0.0788. The van der Waals surface area contributed by atoms with Gasteiger partial charge in [-0.2, -0.15) is 0 Å². The number of imidazole rings is 1. The summed E-state index contributed by atoms with van der Waals surface area (Å²) in [6.07, 6.45) is 5.32. The predicted octanol–water partition coefficient (Wildman–Crippen LogP) is 1.61. The van der Waals surface area contributed by atoms with Crippen LogP contribution in [0.15, 0.2) is 23.3 Å². The Morgan fingerprint density at radius 3 is 2.91 bits per heavy atom. The van der Waals surface area contributed by atoms with Gasteiger partial charge in [0, 0.05) is 44.1 Å². The molecule has 1 aliphatic rings. The van der Waals surface area contributed by atoms with Crippen molar-refractivity contribution in [1.82, 2.24) is 19.4 Å². The summed E-state index contributed by atoms with van der Waals surface area (Å²) in [6, 6.07) is 1.72. The minimum Gasteiger partial charge on any atom is -0.338 e.